The molecule has 0 unspecified atom stereocenters. The van der Waals surface area contributed by atoms with Gasteiger partial charge in [0.25, 0.3) is 0 Å². The Hall–Kier alpha value is -1.11. The van der Waals surface area contributed by atoms with E-state index < -0.39 is 16.6 Å². The molecule has 2 rings (SSSR count). The first kappa shape index (κ1) is 30.9. The van der Waals surface area contributed by atoms with Crippen molar-refractivity contribution < 1.29 is 41.9 Å². The quantitative estimate of drug-likeness (QED) is 0.394. The summed E-state index contributed by atoms with van der Waals surface area (Å²) in [6.07, 6.45) is 0. The summed E-state index contributed by atoms with van der Waals surface area (Å²) in [7, 11) is 0.820. The van der Waals surface area contributed by atoms with Crippen molar-refractivity contribution in [3.63, 3.8) is 0 Å². The van der Waals surface area contributed by atoms with Gasteiger partial charge in [-0.2, -0.15) is 0 Å². The maximum atomic E-state index is 6.89. The fourth-order valence-corrected chi connectivity index (χ4v) is 4.94. The van der Waals surface area contributed by atoms with Crippen molar-refractivity contribution in [3.8, 4) is 23.0 Å². The third kappa shape index (κ3) is 6.36. The van der Waals surface area contributed by atoms with Gasteiger partial charge in [0.05, 0.1) is 33.7 Å². The maximum Gasteiger partial charge on any atom is 1.00 e. The second-order valence-electron chi connectivity index (χ2n) is 11.6. The smallest absolute Gasteiger partial charge is 0.547 e. The number of methoxy groups -OCH3 is 3. The zero-order valence-electron chi connectivity index (χ0n) is 23.9. The molecular weight excluding hydrogens is 455 g/mol. The van der Waals surface area contributed by atoms with Crippen LogP contribution in [0.1, 0.15) is 47.1 Å². The first-order chi connectivity index (χ1) is 15.0. The minimum absolute atomic E-state index is 0. The number of hydrogen-bond acceptors (Lipinski definition) is 5. The summed E-state index contributed by atoms with van der Waals surface area (Å²) in [4.78, 5) is 0. The van der Waals surface area contributed by atoms with Crippen molar-refractivity contribution in [1.29, 1.82) is 0 Å². The molecule has 186 valence electrons. The summed E-state index contributed by atoms with van der Waals surface area (Å²) in [5.74, 6) is 2.68. The Labute approximate surface area is 221 Å². The number of benzene rings is 2. The topological polar surface area (TPSA) is 46.2 Å². The molecule has 0 saturated heterocycles. The Morgan fingerprint density at radius 1 is 0.765 bits per heavy atom. The van der Waals surface area contributed by atoms with E-state index in [2.05, 4.69) is 79.9 Å². The predicted molar refractivity (Wildman–Crippen MR) is 142 cm³/mol. The van der Waals surface area contributed by atoms with Gasteiger partial charge >= 0.3 is 18.9 Å². The third-order valence-corrected chi connectivity index (χ3v) is 16.1. The molecule has 0 aromatic heterocycles. The summed E-state index contributed by atoms with van der Waals surface area (Å²) in [5.41, 5.74) is 0.940. The van der Waals surface area contributed by atoms with Gasteiger partial charge in [-0.05, 0) is 47.2 Å². The van der Waals surface area contributed by atoms with Crippen LogP contribution in [0, 0.1) is 6.07 Å². The van der Waals surface area contributed by atoms with Crippen LogP contribution < -0.4 is 37.5 Å². The van der Waals surface area contributed by atoms with E-state index in [0.717, 1.165) is 16.3 Å². The van der Waals surface area contributed by atoms with Gasteiger partial charge in [-0.25, -0.2) is 0 Å². The largest absolute Gasteiger partial charge is 1.00 e. The molecule has 2 aromatic rings. The van der Waals surface area contributed by atoms with Crippen molar-refractivity contribution in [3.05, 3.63) is 23.8 Å². The molecular formula is C26H43LiO5Si2. The van der Waals surface area contributed by atoms with Crippen molar-refractivity contribution in [2.45, 2.75) is 84.4 Å². The van der Waals surface area contributed by atoms with E-state index in [1.807, 2.05) is 6.07 Å². The Kier molecular flexibility index (Phi) is 9.89. The average Bonchev–Trinajstić information content (AvgIpc) is 2.69. The zero-order chi connectivity index (χ0) is 25.4. The second-order valence-corrected chi connectivity index (χ2v) is 21.2. The normalized spacial score (nSPS) is 12.9. The van der Waals surface area contributed by atoms with E-state index in [-0.39, 0.29) is 28.9 Å². The molecule has 0 aliphatic heterocycles. The number of ether oxygens (including phenoxy) is 3. The van der Waals surface area contributed by atoms with E-state index >= 15 is 0 Å². The average molecular weight is 499 g/mol. The van der Waals surface area contributed by atoms with Crippen LogP contribution in [0.25, 0.3) is 10.8 Å². The summed E-state index contributed by atoms with van der Waals surface area (Å²) in [5, 5.41) is 1.82. The molecule has 5 nitrogen and oxygen atoms in total. The van der Waals surface area contributed by atoms with Gasteiger partial charge in [-0.3, -0.25) is 0 Å². The third-order valence-electron chi connectivity index (χ3n) is 7.28. The molecule has 34 heavy (non-hydrogen) atoms. The van der Waals surface area contributed by atoms with Crippen LogP contribution in [0.4, 0.5) is 0 Å². The molecule has 0 aliphatic carbocycles. The van der Waals surface area contributed by atoms with Gasteiger partial charge in [0.15, 0.2) is 8.32 Å². The van der Waals surface area contributed by atoms with Crippen molar-refractivity contribution >= 4 is 27.4 Å². The van der Waals surface area contributed by atoms with Gasteiger partial charge in [0.2, 0.25) is 8.32 Å². The van der Waals surface area contributed by atoms with E-state index in [9.17, 15) is 0 Å². The van der Waals surface area contributed by atoms with E-state index in [0.29, 0.717) is 29.6 Å². The molecule has 8 heteroatoms. The molecule has 2 aromatic carbocycles. The van der Waals surface area contributed by atoms with Crippen LogP contribution in [0.3, 0.4) is 0 Å². The molecule has 0 amide bonds. The monoisotopic (exact) mass is 498 g/mol. The molecule has 0 spiro atoms. The summed E-state index contributed by atoms with van der Waals surface area (Å²) in [6, 6.07) is 7.27. The van der Waals surface area contributed by atoms with Crippen LogP contribution in [-0.2, 0) is 11.0 Å². The van der Waals surface area contributed by atoms with Crippen LogP contribution >= 0.6 is 0 Å². The molecule has 0 atom stereocenters. The minimum atomic E-state index is -2.19. The molecule has 0 saturated carbocycles. The van der Waals surface area contributed by atoms with Gasteiger partial charge in [0, 0.05) is 5.75 Å². The number of fused-ring (bicyclic) bond motifs is 1. The van der Waals surface area contributed by atoms with Gasteiger partial charge in [-0.15, -0.1) is 11.5 Å². The van der Waals surface area contributed by atoms with Crippen molar-refractivity contribution in [2.24, 2.45) is 0 Å². The van der Waals surface area contributed by atoms with E-state index in [1.165, 1.54) is 0 Å². The fourth-order valence-electron chi connectivity index (χ4n) is 2.98. The molecule has 0 heterocycles. The molecule has 0 aliphatic rings. The second kappa shape index (κ2) is 10.9. The van der Waals surface area contributed by atoms with Crippen LogP contribution in [0.2, 0.25) is 36.3 Å². The summed E-state index contributed by atoms with van der Waals surface area (Å²) < 4.78 is 30.7. The first-order valence-electron chi connectivity index (χ1n) is 11.5. The van der Waals surface area contributed by atoms with Crippen LogP contribution in [0.15, 0.2) is 12.1 Å². The molecule has 0 N–H and O–H groups in total. The van der Waals surface area contributed by atoms with Gasteiger partial charge in [-0.1, -0.05) is 53.7 Å². The Bertz CT molecular complexity index is 992. The minimum Gasteiger partial charge on any atom is -0.547 e. The molecule has 0 bridgehead atoms. The molecule has 0 fully saturated rings. The predicted octanol–water partition coefficient (Wildman–Crippen LogP) is 4.58. The Morgan fingerprint density at radius 2 is 1.32 bits per heavy atom. The maximum absolute atomic E-state index is 6.89. The first-order valence-corrected chi connectivity index (χ1v) is 17.3. The standard InChI is InChI=1S/C26H43O5Si2.Li/c1-25(2,3)32(10,11)30-17-19-14-18-15-20(27-7)16-21(28-8)22(18)24(23(19)29-9)31-33(12,13)26(4,5)6;/h14,16H,17H2,1-13H3;/q-1;+1. The van der Waals surface area contributed by atoms with Gasteiger partial charge < -0.3 is 23.1 Å². The summed E-state index contributed by atoms with van der Waals surface area (Å²) >= 11 is 0. The Balaban J connectivity index is 0.00000578. The van der Waals surface area contributed by atoms with E-state index in [4.69, 9.17) is 23.1 Å². The van der Waals surface area contributed by atoms with Gasteiger partial charge in [0.1, 0.15) is 11.5 Å². The van der Waals surface area contributed by atoms with Crippen LogP contribution in [0.5, 0.6) is 23.0 Å². The summed E-state index contributed by atoms with van der Waals surface area (Å²) in [6.45, 7) is 22.8. The SMILES string of the molecule is COc1[c-]c2cc(CO[Si](C)(C)C(C)(C)C)c(OC)c(O[Si](C)(C)C(C)(C)C)c2c(OC)c1.[Li+]. The van der Waals surface area contributed by atoms with Crippen molar-refractivity contribution in [2.75, 3.05) is 21.3 Å². The fraction of sp³-hybridized carbons (Fsp3) is 0.615. The number of rotatable bonds is 8. The van der Waals surface area contributed by atoms with Crippen LogP contribution in [-0.4, -0.2) is 38.0 Å². The zero-order valence-corrected chi connectivity index (χ0v) is 25.9. The molecule has 0 radical (unpaired) electrons. The number of hydrogen-bond donors (Lipinski definition) is 0. The Morgan fingerprint density at radius 3 is 1.76 bits per heavy atom. The van der Waals surface area contributed by atoms with Crippen molar-refractivity contribution in [1.82, 2.24) is 0 Å². The van der Waals surface area contributed by atoms with E-state index in [1.54, 1.807) is 21.3 Å².